The van der Waals surface area contributed by atoms with Crippen LogP contribution in [-0.2, 0) is 16.0 Å². The standard InChI is InChI=1S/C36H45N3O4/c1-25(34(42)37-18-17-36(2,3)4)20-32(40)31(21-26-12-7-5-8-13-26)38-35(43)29-22-28(27-14-9-6-10-15-27)23-30(24-29)39-19-11-16-33(39)41/h5-10,12-15,22-25,31-32,40H,11,16-21H2,1-4H3,(H,37,42)(H,38,43)/t25-,31+,32-/m1/s1. The zero-order valence-corrected chi connectivity index (χ0v) is 25.8. The van der Waals surface area contributed by atoms with Gasteiger partial charge in [-0.3, -0.25) is 14.4 Å². The molecule has 7 heteroatoms. The summed E-state index contributed by atoms with van der Waals surface area (Å²) in [4.78, 5) is 41.0. The van der Waals surface area contributed by atoms with E-state index in [1.807, 2.05) is 72.8 Å². The number of nitrogens with zero attached hydrogens (tertiary/aromatic N) is 1. The summed E-state index contributed by atoms with van der Waals surface area (Å²) in [5.41, 5.74) is 3.96. The molecule has 3 amide bonds. The first-order valence-electron chi connectivity index (χ1n) is 15.3. The van der Waals surface area contributed by atoms with Crippen molar-refractivity contribution >= 4 is 23.4 Å². The molecular formula is C36H45N3O4. The Hall–Kier alpha value is -3.97. The van der Waals surface area contributed by atoms with E-state index in [0.717, 1.165) is 29.5 Å². The monoisotopic (exact) mass is 583 g/mol. The molecule has 228 valence electrons. The third kappa shape index (κ3) is 9.26. The van der Waals surface area contributed by atoms with Crippen LogP contribution in [-0.4, -0.2) is 48.1 Å². The van der Waals surface area contributed by atoms with E-state index >= 15 is 0 Å². The molecule has 4 rings (SSSR count). The maximum Gasteiger partial charge on any atom is 0.251 e. The van der Waals surface area contributed by atoms with Gasteiger partial charge in [0.1, 0.15) is 0 Å². The number of hydrogen-bond acceptors (Lipinski definition) is 4. The largest absolute Gasteiger partial charge is 0.391 e. The lowest BCUT2D eigenvalue weighted by molar-refractivity contribution is -0.125. The summed E-state index contributed by atoms with van der Waals surface area (Å²) in [5, 5.41) is 17.4. The molecule has 0 aliphatic carbocycles. The van der Waals surface area contributed by atoms with Crippen molar-refractivity contribution in [2.75, 3.05) is 18.0 Å². The van der Waals surface area contributed by atoms with Crippen LogP contribution < -0.4 is 15.5 Å². The zero-order chi connectivity index (χ0) is 31.0. The van der Waals surface area contributed by atoms with Crippen LogP contribution in [0.15, 0.2) is 78.9 Å². The van der Waals surface area contributed by atoms with E-state index in [1.54, 1.807) is 17.9 Å². The molecule has 1 fully saturated rings. The van der Waals surface area contributed by atoms with E-state index < -0.39 is 18.1 Å². The van der Waals surface area contributed by atoms with Gasteiger partial charge in [0.2, 0.25) is 11.8 Å². The van der Waals surface area contributed by atoms with E-state index in [9.17, 15) is 19.5 Å². The van der Waals surface area contributed by atoms with Gasteiger partial charge in [0.05, 0.1) is 12.1 Å². The van der Waals surface area contributed by atoms with Gasteiger partial charge < -0.3 is 20.6 Å². The number of anilines is 1. The molecule has 0 bridgehead atoms. The van der Waals surface area contributed by atoms with Gasteiger partial charge in [-0.15, -0.1) is 0 Å². The van der Waals surface area contributed by atoms with Crippen LogP contribution in [0.25, 0.3) is 11.1 Å². The molecule has 0 radical (unpaired) electrons. The first-order valence-corrected chi connectivity index (χ1v) is 15.3. The molecule has 0 aromatic heterocycles. The number of carbonyl (C=O) groups excluding carboxylic acids is 3. The Balaban J connectivity index is 1.56. The van der Waals surface area contributed by atoms with Gasteiger partial charge in [-0.25, -0.2) is 0 Å². The second-order valence-corrected chi connectivity index (χ2v) is 12.9. The Morgan fingerprint density at radius 3 is 2.26 bits per heavy atom. The SMILES string of the molecule is C[C@H](C[C@@H](O)[C@H](Cc1ccccc1)NC(=O)c1cc(-c2ccccc2)cc(N2CCCC2=O)c1)C(=O)NCCC(C)(C)C. The minimum Gasteiger partial charge on any atom is -0.391 e. The number of aliphatic hydroxyl groups excluding tert-OH is 1. The van der Waals surface area contributed by atoms with Crippen molar-refractivity contribution in [2.45, 2.75) is 71.9 Å². The zero-order valence-electron chi connectivity index (χ0n) is 25.8. The van der Waals surface area contributed by atoms with Gasteiger partial charge in [-0.1, -0.05) is 88.4 Å². The van der Waals surface area contributed by atoms with Gasteiger partial charge in [-0.2, -0.15) is 0 Å². The molecule has 3 aromatic carbocycles. The Kier molecular flexibility index (Phi) is 10.8. The van der Waals surface area contributed by atoms with Crippen molar-refractivity contribution < 1.29 is 19.5 Å². The fraction of sp³-hybridized carbons (Fsp3) is 0.417. The molecule has 43 heavy (non-hydrogen) atoms. The maximum atomic E-state index is 13.8. The van der Waals surface area contributed by atoms with E-state index in [2.05, 4.69) is 31.4 Å². The maximum absolute atomic E-state index is 13.8. The number of amides is 3. The fourth-order valence-corrected chi connectivity index (χ4v) is 5.39. The summed E-state index contributed by atoms with van der Waals surface area (Å²) in [6.45, 7) is 9.38. The molecule has 0 unspecified atom stereocenters. The van der Waals surface area contributed by atoms with Gasteiger partial charge >= 0.3 is 0 Å². The molecule has 1 saturated heterocycles. The molecule has 1 aliphatic heterocycles. The second kappa shape index (κ2) is 14.5. The third-order valence-electron chi connectivity index (χ3n) is 7.97. The first-order chi connectivity index (χ1) is 20.5. The Bertz CT molecular complexity index is 1380. The van der Waals surface area contributed by atoms with E-state index in [1.165, 1.54) is 0 Å². The van der Waals surface area contributed by atoms with Crippen LogP contribution in [0.2, 0.25) is 0 Å². The highest BCUT2D eigenvalue weighted by Gasteiger charge is 2.28. The normalized spacial score (nSPS) is 15.6. The highest BCUT2D eigenvalue weighted by Crippen LogP contribution is 2.30. The predicted molar refractivity (Wildman–Crippen MR) is 172 cm³/mol. The minimum absolute atomic E-state index is 0.0451. The minimum atomic E-state index is -0.954. The average Bonchev–Trinajstić information content (AvgIpc) is 3.42. The molecule has 7 nitrogen and oxygen atoms in total. The van der Waals surface area contributed by atoms with Crippen molar-refractivity contribution in [2.24, 2.45) is 11.3 Å². The van der Waals surface area contributed by atoms with Crippen LogP contribution in [0.3, 0.4) is 0 Å². The van der Waals surface area contributed by atoms with Crippen molar-refractivity contribution in [3.63, 3.8) is 0 Å². The molecule has 1 heterocycles. The highest BCUT2D eigenvalue weighted by molar-refractivity contribution is 6.00. The average molecular weight is 584 g/mol. The van der Waals surface area contributed by atoms with Crippen molar-refractivity contribution in [3.05, 3.63) is 90.0 Å². The predicted octanol–water partition coefficient (Wildman–Crippen LogP) is 5.76. The van der Waals surface area contributed by atoms with Gasteiger partial charge in [-0.05, 0) is 66.0 Å². The lowest BCUT2D eigenvalue weighted by Gasteiger charge is -2.27. The first kappa shape index (κ1) is 32.0. The van der Waals surface area contributed by atoms with Crippen LogP contribution in [0, 0.1) is 11.3 Å². The summed E-state index contributed by atoms with van der Waals surface area (Å²) in [6.07, 6.45) is 1.78. The van der Waals surface area contributed by atoms with Crippen LogP contribution in [0.5, 0.6) is 0 Å². The van der Waals surface area contributed by atoms with Crippen molar-refractivity contribution in [3.8, 4) is 11.1 Å². The lowest BCUT2D eigenvalue weighted by atomic mass is 9.91. The van der Waals surface area contributed by atoms with Crippen molar-refractivity contribution in [1.82, 2.24) is 10.6 Å². The quantitative estimate of drug-likeness (QED) is 0.252. The van der Waals surface area contributed by atoms with E-state index in [-0.39, 0.29) is 29.6 Å². The number of hydrogen-bond donors (Lipinski definition) is 3. The topological polar surface area (TPSA) is 98.7 Å². The molecule has 0 saturated carbocycles. The van der Waals surface area contributed by atoms with Crippen molar-refractivity contribution in [1.29, 1.82) is 0 Å². The van der Waals surface area contributed by atoms with Crippen LogP contribution >= 0.6 is 0 Å². The molecule has 3 N–H and O–H groups in total. The van der Waals surface area contributed by atoms with Gasteiger partial charge in [0.25, 0.3) is 5.91 Å². The molecule has 1 aliphatic rings. The highest BCUT2D eigenvalue weighted by atomic mass is 16.3. The molecule has 3 atom stereocenters. The number of nitrogens with one attached hydrogen (secondary N) is 2. The Labute approximate surface area is 255 Å². The number of aliphatic hydroxyl groups is 1. The Morgan fingerprint density at radius 1 is 0.953 bits per heavy atom. The van der Waals surface area contributed by atoms with Crippen LogP contribution in [0.4, 0.5) is 5.69 Å². The molecular weight excluding hydrogens is 538 g/mol. The summed E-state index contributed by atoms with van der Waals surface area (Å²) in [6, 6.07) is 24.4. The summed E-state index contributed by atoms with van der Waals surface area (Å²) in [5.74, 6) is -0.834. The third-order valence-corrected chi connectivity index (χ3v) is 7.97. The van der Waals surface area contributed by atoms with Crippen LogP contribution in [0.1, 0.15) is 69.3 Å². The number of rotatable bonds is 12. The number of benzene rings is 3. The second-order valence-electron chi connectivity index (χ2n) is 12.9. The summed E-state index contributed by atoms with van der Waals surface area (Å²) < 4.78 is 0. The summed E-state index contributed by atoms with van der Waals surface area (Å²) >= 11 is 0. The summed E-state index contributed by atoms with van der Waals surface area (Å²) in [7, 11) is 0. The number of carbonyl (C=O) groups is 3. The Morgan fingerprint density at radius 2 is 1.63 bits per heavy atom. The molecule has 3 aromatic rings. The molecule has 0 spiro atoms. The lowest BCUT2D eigenvalue weighted by Crippen LogP contribution is -2.46. The van der Waals surface area contributed by atoms with Gasteiger partial charge in [0.15, 0.2) is 0 Å². The fourth-order valence-electron chi connectivity index (χ4n) is 5.39. The van der Waals surface area contributed by atoms with Gasteiger partial charge in [0, 0.05) is 36.7 Å². The van der Waals surface area contributed by atoms with E-state index in [4.69, 9.17) is 0 Å². The van der Waals surface area contributed by atoms with E-state index in [0.29, 0.717) is 37.2 Å². The smallest absolute Gasteiger partial charge is 0.251 e.